The van der Waals surface area contributed by atoms with Crippen molar-refractivity contribution in [1.82, 2.24) is 4.90 Å². The number of carbonyl (C=O) groups is 1. The fraction of sp³-hybridized carbons (Fsp3) is 0.269. The van der Waals surface area contributed by atoms with Crippen molar-refractivity contribution in [3.63, 3.8) is 0 Å². The van der Waals surface area contributed by atoms with Gasteiger partial charge in [0.2, 0.25) is 0 Å². The summed E-state index contributed by atoms with van der Waals surface area (Å²) in [6.07, 6.45) is 0.360. The highest BCUT2D eigenvalue weighted by atomic mass is 16.6. The van der Waals surface area contributed by atoms with Crippen LogP contribution in [0.25, 0.3) is 11.1 Å². The lowest BCUT2D eigenvalue weighted by Gasteiger charge is -2.35. The summed E-state index contributed by atoms with van der Waals surface area (Å²) in [6, 6.07) is 23.7. The van der Waals surface area contributed by atoms with E-state index in [0.717, 1.165) is 5.56 Å². The smallest absolute Gasteiger partial charge is 0.410 e. The van der Waals surface area contributed by atoms with Gasteiger partial charge in [-0.3, -0.25) is 0 Å². The summed E-state index contributed by atoms with van der Waals surface area (Å²) in [7, 11) is 0. The van der Waals surface area contributed by atoms with Gasteiger partial charge < -0.3 is 19.5 Å². The molecular weight excluding hydrogens is 390 g/mol. The van der Waals surface area contributed by atoms with Crippen molar-refractivity contribution in [1.29, 1.82) is 0 Å². The predicted molar refractivity (Wildman–Crippen MR) is 118 cm³/mol. The van der Waals surface area contributed by atoms with E-state index in [1.807, 2.05) is 36.4 Å². The van der Waals surface area contributed by atoms with Gasteiger partial charge in [0.05, 0.1) is 19.3 Å². The number of aromatic hydroxyl groups is 1. The van der Waals surface area contributed by atoms with Crippen LogP contribution in [0.15, 0.2) is 72.8 Å². The van der Waals surface area contributed by atoms with Gasteiger partial charge in [0.25, 0.3) is 0 Å². The molecule has 0 bridgehead atoms. The summed E-state index contributed by atoms with van der Waals surface area (Å²) >= 11 is 0. The third-order valence-electron chi connectivity index (χ3n) is 6.21. The van der Waals surface area contributed by atoms with E-state index in [1.165, 1.54) is 22.3 Å². The van der Waals surface area contributed by atoms with E-state index in [-0.39, 0.29) is 23.8 Å². The van der Waals surface area contributed by atoms with E-state index < -0.39 is 0 Å². The Kier molecular flexibility index (Phi) is 5.35. The lowest BCUT2D eigenvalue weighted by atomic mass is 9.98. The molecule has 5 nitrogen and oxygen atoms in total. The summed E-state index contributed by atoms with van der Waals surface area (Å²) in [5, 5.41) is 9.51. The first-order chi connectivity index (χ1) is 15.2. The van der Waals surface area contributed by atoms with E-state index >= 15 is 0 Å². The fourth-order valence-corrected chi connectivity index (χ4v) is 4.65. The number of phenols is 1. The van der Waals surface area contributed by atoms with Gasteiger partial charge >= 0.3 is 6.09 Å². The molecule has 1 fully saturated rings. The molecule has 1 aliphatic heterocycles. The highest BCUT2D eigenvalue weighted by molar-refractivity contribution is 5.79. The summed E-state index contributed by atoms with van der Waals surface area (Å²) < 4.78 is 11.5. The third-order valence-corrected chi connectivity index (χ3v) is 6.21. The average molecular weight is 415 g/mol. The highest BCUT2D eigenvalue weighted by Crippen LogP contribution is 2.44. The van der Waals surface area contributed by atoms with Gasteiger partial charge in [-0.1, -0.05) is 60.7 Å². The monoisotopic (exact) mass is 415 g/mol. The van der Waals surface area contributed by atoms with E-state index in [1.54, 1.807) is 17.0 Å². The van der Waals surface area contributed by atoms with E-state index in [0.29, 0.717) is 32.8 Å². The van der Waals surface area contributed by atoms with Crippen molar-refractivity contribution >= 4 is 6.09 Å². The van der Waals surface area contributed by atoms with Crippen molar-refractivity contribution < 1.29 is 19.4 Å². The van der Waals surface area contributed by atoms with Crippen molar-refractivity contribution in [2.75, 3.05) is 26.4 Å². The topological polar surface area (TPSA) is 59.0 Å². The van der Waals surface area contributed by atoms with E-state index in [4.69, 9.17) is 9.47 Å². The van der Waals surface area contributed by atoms with Crippen LogP contribution in [0.5, 0.6) is 5.75 Å². The molecule has 1 atom stereocenters. The minimum atomic E-state index is -0.297. The molecule has 1 saturated heterocycles. The van der Waals surface area contributed by atoms with E-state index in [2.05, 4.69) is 24.3 Å². The number of amides is 1. The molecule has 1 heterocycles. The molecule has 2 aliphatic rings. The number of phenolic OH excluding ortho intramolecular Hbond substituents is 1. The Hall–Kier alpha value is -3.31. The number of morpholine rings is 1. The quantitative estimate of drug-likeness (QED) is 0.677. The van der Waals surface area contributed by atoms with Crippen LogP contribution in [-0.2, 0) is 15.9 Å². The molecule has 31 heavy (non-hydrogen) atoms. The minimum Gasteiger partial charge on any atom is -0.508 e. The number of nitrogens with zero attached hydrogens (tertiary/aromatic N) is 1. The molecule has 0 aromatic heterocycles. The Labute approximate surface area is 181 Å². The van der Waals surface area contributed by atoms with Crippen LogP contribution in [0.1, 0.15) is 22.6 Å². The van der Waals surface area contributed by atoms with Gasteiger partial charge in [0.1, 0.15) is 12.4 Å². The predicted octanol–water partition coefficient (Wildman–Crippen LogP) is 4.58. The number of fused-ring (bicyclic) bond motifs is 3. The van der Waals surface area contributed by atoms with Gasteiger partial charge in [-0.15, -0.1) is 0 Å². The number of benzene rings is 3. The van der Waals surface area contributed by atoms with Crippen LogP contribution in [0.4, 0.5) is 4.79 Å². The molecule has 0 unspecified atom stereocenters. The average Bonchev–Trinajstić information content (AvgIpc) is 3.13. The zero-order valence-corrected chi connectivity index (χ0v) is 17.2. The Bertz CT molecular complexity index is 1030. The molecule has 1 N–H and O–H groups in total. The zero-order valence-electron chi connectivity index (χ0n) is 17.2. The largest absolute Gasteiger partial charge is 0.508 e. The van der Waals surface area contributed by atoms with Gasteiger partial charge in [0.15, 0.2) is 0 Å². The summed E-state index contributed by atoms with van der Waals surface area (Å²) in [5.74, 6) is 0.282. The SMILES string of the molecule is O=C(OCC1c2ccccc2-c2ccccc21)N1CCOC[C@H]1Cc1ccc(O)cc1. The van der Waals surface area contributed by atoms with Crippen molar-refractivity contribution in [3.8, 4) is 16.9 Å². The third kappa shape index (κ3) is 3.89. The maximum absolute atomic E-state index is 13.0. The molecule has 1 amide bonds. The van der Waals surface area contributed by atoms with Crippen LogP contribution in [0, 0.1) is 0 Å². The first-order valence-corrected chi connectivity index (χ1v) is 10.7. The summed E-state index contributed by atoms with van der Waals surface area (Å²) in [6.45, 7) is 1.82. The molecule has 1 aliphatic carbocycles. The van der Waals surface area contributed by atoms with Gasteiger partial charge in [-0.2, -0.15) is 0 Å². The van der Waals surface area contributed by atoms with Crippen molar-refractivity contribution in [3.05, 3.63) is 89.5 Å². The minimum absolute atomic E-state index is 0.0490. The second kappa shape index (κ2) is 8.44. The molecule has 0 spiro atoms. The molecule has 3 aromatic rings. The van der Waals surface area contributed by atoms with Crippen LogP contribution in [-0.4, -0.2) is 48.5 Å². The second-order valence-corrected chi connectivity index (χ2v) is 8.10. The molecule has 5 heteroatoms. The molecule has 5 rings (SSSR count). The van der Waals surface area contributed by atoms with Crippen molar-refractivity contribution in [2.45, 2.75) is 18.4 Å². The van der Waals surface area contributed by atoms with Crippen LogP contribution >= 0.6 is 0 Å². The number of rotatable bonds is 4. The fourth-order valence-electron chi connectivity index (χ4n) is 4.65. The zero-order chi connectivity index (χ0) is 21.2. The van der Waals surface area contributed by atoms with E-state index in [9.17, 15) is 9.90 Å². The first-order valence-electron chi connectivity index (χ1n) is 10.7. The van der Waals surface area contributed by atoms with Gasteiger partial charge in [-0.05, 0) is 46.4 Å². The van der Waals surface area contributed by atoms with Crippen LogP contribution in [0.3, 0.4) is 0 Å². The maximum atomic E-state index is 13.0. The number of carbonyl (C=O) groups excluding carboxylic acids is 1. The first kappa shape index (κ1) is 19.6. The van der Waals surface area contributed by atoms with Gasteiger partial charge in [0, 0.05) is 12.5 Å². The maximum Gasteiger partial charge on any atom is 0.410 e. The Morgan fingerprint density at radius 3 is 2.29 bits per heavy atom. The Morgan fingerprint density at radius 2 is 1.61 bits per heavy atom. The normalized spacial score (nSPS) is 17.8. The van der Waals surface area contributed by atoms with Crippen LogP contribution in [0.2, 0.25) is 0 Å². The number of hydrogen-bond acceptors (Lipinski definition) is 4. The molecule has 3 aromatic carbocycles. The Balaban J connectivity index is 1.30. The summed E-state index contributed by atoms with van der Waals surface area (Å²) in [4.78, 5) is 14.8. The lowest BCUT2D eigenvalue weighted by Crippen LogP contribution is -2.50. The Morgan fingerprint density at radius 1 is 0.968 bits per heavy atom. The highest BCUT2D eigenvalue weighted by Gasteiger charge is 2.32. The second-order valence-electron chi connectivity index (χ2n) is 8.10. The molecular formula is C26H25NO4. The van der Waals surface area contributed by atoms with Crippen molar-refractivity contribution in [2.24, 2.45) is 0 Å². The molecule has 158 valence electrons. The number of hydrogen-bond donors (Lipinski definition) is 1. The lowest BCUT2D eigenvalue weighted by molar-refractivity contribution is -0.00915. The summed E-state index contributed by atoms with van der Waals surface area (Å²) in [5.41, 5.74) is 5.90. The van der Waals surface area contributed by atoms with Gasteiger partial charge in [-0.25, -0.2) is 4.79 Å². The standard InChI is InChI=1S/C26H25NO4/c28-20-11-9-18(10-12-20)15-19-16-30-14-13-27(19)26(29)31-17-25-23-7-3-1-5-21(23)22-6-2-4-8-24(22)25/h1-12,19,25,28H,13-17H2/t19-/m1/s1. The molecule has 0 radical (unpaired) electrons. The molecule has 0 saturated carbocycles. The van der Waals surface area contributed by atoms with Crippen LogP contribution < -0.4 is 0 Å². The number of ether oxygens (including phenoxy) is 2.